The second kappa shape index (κ2) is 4.58. The Kier molecular flexibility index (Phi) is 2.76. The minimum Gasteiger partial charge on any atom is -0.399 e. The molecule has 100 valence electrons. The maximum absolute atomic E-state index is 12.1. The highest BCUT2D eigenvalue weighted by Gasteiger charge is 2.07. The van der Waals surface area contributed by atoms with Gasteiger partial charge in [-0.25, -0.2) is 4.79 Å². The van der Waals surface area contributed by atoms with Crippen molar-refractivity contribution in [3.63, 3.8) is 0 Å². The Hall–Kier alpha value is -3.02. The zero-order valence-corrected chi connectivity index (χ0v) is 10.4. The number of hydrogen-bond donors (Lipinski definition) is 4. The Morgan fingerprint density at radius 3 is 2.65 bits per heavy atom. The molecule has 6 nitrogen and oxygen atoms in total. The predicted molar refractivity (Wildman–Crippen MR) is 77.7 cm³/mol. The number of aromatic nitrogens is 2. The molecule has 0 fully saturated rings. The van der Waals surface area contributed by atoms with E-state index in [4.69, 9.17) is 5.73 Å². The number of H-pyrrole nitrogens is 2. The Labute approximate surface area is 113 Å². The first-order valence-corrected chi connectivity index (χ1v) is 6.01. The molecule has 0 aliphatic carbocycles. The lowest BCUT2D eigenvalue weighted by Crippen LogP contribution is -2.12. The lowest BCUT2D eigenvalue weighted by Gasteiger charge is -2.05. The van der Waals surface area contributed by atoms with Gasteiger partial charge in [-0.3, -0.25) is 4.79 Å². The van der Waals surface area contributed by atoms with Gasteiger partial charge in [-0.15, -0.1) is 0 Å². The number of hydrogen-bond acceptors (Lipinski definition) is 3. The van der Waals surface area contributed by atoms with Gasteiger partial charge in [0.1, 0.15) is 0 Å². The van der Waals surface area contributed by atoms with Crippen molar-refractivity contribution in [3.05, 3.63) is 58.5 Å². The summed E-state index contributed by atoms with van der Waals surface area (Å²) < 4.78 is 0. The van der Waals surface area contributed by atoms with E-state index in [0.29, 0.717) is 28.0 Å². The number of carbonyl (C=O) groups is 1. The number of amides is 1. The van der Waals surface area contributed by atoms with Crippen molar-refractivity contribution in [1.82, 2.24) is 9.97 Å². The summed E-state index contributed by atoms with van der Waals surface area (Å²) in [6, 6.07) is 11.9. The number of imidazole rings is 1. The highest BCUT2D eigenvalue weighted by molar-refractivity contribution is 6.05. The fourth-order valence-corrected chi connectivity index (χ4v) is 1.99. The third-order valence-electron chi connectivity index (χ3n) is 2.92. The van der Waals surface area contributed by atoms with Crippen LogP contribution in [0.1, 0.15) is 10.4 Å². The maximum atomic E-state index is 12.1. The zero-order valence-electron chi connectivity index (χ0n) is 10.4. The normalized spacial score (nSPS) is 10.6. The van der Waals surface area contributed by atoms with Gasteiger partial charge in [-0.1, -0.05) is 6.07 Å². The summed E-state index contributed by atoms with van der Waals surface area (Å²) in [5.41, 5.74) is 8.30. The van der Waals surface area contributed by atoms with Gasteiger partial charge in [-0.2, -0.15) is 0 Å². The average Bonchev–Trinajstić information content (AvgIpc) is 2.78. The van der Waals surface area contributed by atoms with Gasteiger partial charge >= 0.3 is 5.69 Å². The van der Waals surface area contributed by atoms with Crippen molar-refractivity contribution in [2.45, 2.75) is 0 Å². The second-order valence-electron chi connectivity index (χ2n) is 4.42. The van der Waals surface area contributed by atoms with Crippen molar-refractivity contribution in [1.29, 1.82) is 0 Å². The van der Waals surface area contributed by atoms with E-state index < -0.39 is 0 Å². The minimum atomic E-state index is -0.278. The van der Waals surface area contributed by atoms with Crippen LogP contribution in [0, 0.1) is 0 Å². The molecule has 0 saturated carbocycles. The number of aromatic amines is 2. The second-order valence-corrected chi connectivity index (χ2v) is 4.42. The third-order valence-corrected chi connectivity index (χ3v) is 2.92. The van der Waals surface area contributed by atoms with E-state index in [2.05, 4.69) is 15.3 Å². The summed E-state index contributed by atoms with van der Waals surface area (Å²) >= 11 is 0. The van der Waals surface area contributed by atoms with Crippen molar-refractivity contribution < 1.29 is 4.79 Å². The summed E-state index contributed by atoms with van der Waals surface area (Å²) in [5, 5.41) is 2.76. The Morgan fingerprint density at radius 1 is 1.05 bits per heavy atom. The monoisotopic (exact) mass is 268 g/mol. The van der Waals surface area contributed by atoms with Crippen LogP contribution in [0.3, 0.4) is 0 Å². The Bertz CT molecular complexity index is 848. The van der Waals surface area contributed by atoms with E-state index in [1.54, 1.807) is 42.5 Å². The number of anilines is 2. The van der Waals surface area contributed by atoms with Gasteiger partial charge in [0, 0.05) is 16.9 Å². The number of nitrogens with two attached hydrogens (primary N) is 1. The van der Waals surface area contributed by atoms with Crippen LogP contribution in [0.4, 0.5) is 11.4 Å². The fraction of sp³-hybridized carbons (Fsp3) is 0. The van der Waals surface area contributed by atoms with Gasteiger partial charge in [0.25, 0.3) is 5.91 Å². The fourth-order valence-electron chi connectivity index (χ4n) is 1.99. The molecule has 2 aromatic carbocycles. The molecule has 3 aromatic rings. The van der Waals surface area contributed by atoms with E-state index in [1.807, 2.05) is 0 Å². The first-order valence-electron chi connectivity index (χ1n) is 6.01. The van der Waals surface area contributed by atoms with E-state index in [0.717, 1.165) is 0 Å². The molecule has 0 saturated heterocycles. The molecular weight excluding hydrogens is 256 g/mol. The van der Waals surface area contributed by atoms with Crippen LogP contribution in [0.25, 0.3) is 11.0 Å². The number of nitrogens with one attached hydrogen (secondary N) is 3. The molecule has 0 unspecified atom stereocenters. The molecule has 0 bridgehead atoms. The van der Waals surface area contributed by atoms with Gasteiger partial charge in [0.15, 0.2) is 0 Å². The van der Waals surface area contributed by atoms with E-state index >= 15 is 0 Å². The quantitative estimate of drug-likeness (QED) is 0.531. The topological polar surface area (TPSA) is 104 Å². The maximum Gasteiger partial charge on any atom is 0.323 e. The molecule has 3 rings (SSSR count). The average molecular weight is 268 g/mol. The summed E-state index contributed by atoms with van der Waals surface area (Å²) in [7, 11) is 0. The molecular formula is C14H12N4O2. The molecule has 0 spiro atoms. The molecule has 1 heterocycles. The zero-order chi connectivity index (χ0) is 14.1. The summed E-state index contributed by atoms with van der Waals surface area (Å²) in [4.78, 5) is 28.5. The number of rotatable bonds is 2. The molecule has 5 N–H and O–H groups in total. The Morgan fingerprint density at radius 2 is 1.85 bits per heavy atom. The number of carbonyl (C=O) groups excluding carboxylic acids is 1. The molecule has 0 radical (unpaired) electrons. The highest BCUT2D eigenvalue weighted by atomic mass is 16.2. The van der Waals surface area contributed by atoms with Crippen molar-refractivity contribution in [2.24, 2.45) is 0 Å². The molecule has 0 aliphatic heterocycles. The first kappa shape index (κ1) is 12.0. The molecule has 1 amide bonds. The molecule has 0 aliphatic rings. The van der Waals surface area contributed by atoms with E-state index in [-0.39, 0.29) is 11.6 Å². The standard InChI is InChI=1S/C14H12N4O2/c15-9-3-1-2-8(6-9)13(19)16-10-4-5-11-12(7-10)18-14(20)17-11/h1-7H,15H2,(H,16,19)(H2,17,18,20). The SMILES string of the molecule is Nc1cccc(C(=O)Nc2ccc3[nH]c(=O)[nH]c3c2)c1. The van der Waals surface area contributed by atoms with Crippen molar-refractivity contribution >= 4 is 28.3 Å². The van der Waals surface area contributed by atoms with Gasteiger partial charge < -0.3 is 21.0 Å². The van der Waals surface area contributed by atoms with Crippen LogP contribution in [0.5, 0.6) is 0 Å². The van der Waals surface area contributed by atoms with Crippen LogP contribution < -0.4 is 16.7 Å². The third kappa shape index (κ3) is 2.26. The molecule has 20 heavy (non-hydrogen) atoms. The summed E-state index contributed by atoms with van der Waals surface area (Å²) in [5.74, 6) is -0.255. The summed E-state index contributed by atoms with van der Waals surface area (Å²) in [6.45, 7) is 0. The number of fused-ring (bicyclic) bond motifs is 1. The van der Waals surface area contributed by atoms with Crippen molar-refractivity contribution in [3.8, 4) is 0 Å². The molecule has 1 aromatic heterocycles. The highest BCUT2D eigenvalue weighted by Crippen LogP contribution is 2.16. The lowest BCUT2D eigenvalue weighted by atomic mass is 10.2. The smallest absolute Gasteiger partial charge is 0.323 e. The van der Waals surface area contributed by atoms with Crippen LogP contribution in [-0.4, -0.2) is 15.9 Å². The number of benzene rings is 2. The summed E-state index contributed by atoms with van der Waals surface area (Å²) in [6.07, 6.45) is 0. The first-order chi connectivity index (χ1) is 9.61. The van der Waals surface area contributed by atoms with Crippen LogP contribution in [-0.2, 0) is 0 Å². The largest absolute Gasteiger partial charge is 0.399 e. The Balaban J connectivity index is 1.88. The van der Waals surface area contributed by atoms with E-state index in [1.165, 1.54) is 0 Å². The van der Waals surface area contributed by atoms with Crippen LogP contribution in [0.15, 0.2) is 47.3 Å². The van der Waals surface area contributed by atoms with E-state index in [9.17, 15) is 9.59 Å². The van der Waals surface area contributed by atoms with Crippen LogP contribution in [0.2, 0.25) is 0 Å². The predicted octanol–water partition coefficient (Wildman–Crippen LogP) is 1.69. The van der Waals surface area contributed by atoms with Crippen LogP contribution >= 0.6 is 0 Å². The molecule has 6 heteroatoms. The van der Waals surface area contributed by atoms with Crippen molar-refractivity contribution in [2.75, 3.05) is 11.1 Å². The number of nitrogen functional groups attached to an aromatic ring is 1. The van der Waals surface area contributed by atoms with Gasteiger partial charge in [0.05, 0.1) is 11.0 Å². The minimum absolute atomic E-state index is 0.255. The molecule has 0 atom stereocenters. The van der Waals surface area contributed by atoms with Gasteiger partial charge in [-0.05, 0) is 36.4 Å². The van der Waals surface area contributed by atoms with Gasteiger partial charge in [0.2, 0.25) is 0 Å². The lowest BCUT2D eigenvalue weighted by molar-refractivity contribution is 0.102.